The average molecular weight is 337 g/mol. The second-order valence-corrected chi connectivity index (χ2v) is 6.18. The third-order valence-corrected chi connectivity index (χ3v) is 4.51. The first kappa shape index (κ1) is 16.7. The SMILES string of the molecule is Cc1ccc(N2C(=O)NC(=O)/C(=C\c3cc(C)n(C)c3C)C2=O)cc1. The van der Waals surface area contributed by atoms with Crippen LogP contribution >= 0.6 is 0 Å². The molecule has 1 aromatic carbocycles. The number of nitrogens with zero attached hydrogens (tertiary/aromatic N) is 2. The molecule has 2 heterocycles. The maximum absolute atomic E-state index is 12.8. The van der Waals surface area contributed by atoms with E-state index < -0.39 is 17.8 Å². The van der Waals surface area contributed by atoms with Crippen molar-refractivity contribution < 1.29 is 14.4 Å². The fourth-order valence-electron chi connectivity index (χ4n) is 2.77. The second-order valence-electron chi connectivity index (χ2n) is 6.18. The Morgan fingerprint density at radius 3 is 2.20 bits per heavy atom. The van der Waals surface area contributed by atoms with Crippen molar-refractivity contribution in [3.05, 3.63) is 58.4 Å². The first-order valence-electron chi connectivity index (χ1n) is 7.90. The van der Waals surface area contributed by atoms with Crippen LogP contribution in [-0.2, 0) is 16.6 Å². The van der Waals surface area contributed by atoms with E-state index in [1.54, 1.807) is 24.3 Å². The molecule has 0 saturated carbocycles. The molecule has 6 heteroatoms. The van der Waals surface area contributed by atoms with Gasteiger partial charge in [-0.25, -0.2) is 9.69 Å². The summed E-state index contributed by atoms with van der Waals surface area (Å²) in [6.07, 6.45) is 1.54. The number of imide groups is 2. The van der Waals surface area contributed by atoms with Crippen molar-refractivity contribution in [3.8, 4) is 0 Å². The predicted molar refractivity (Wildman–Crippen MR) is 95.1 cm³/mol. The van der Waals surface area contributed by atoms with Crippen LogP contribution in [-0.4, -0.2) is 22.4 Å². The molecule has 25 heavy (non-hydrogen) atoms. The number of nitrogens with one attached hydrogen (secondary N) is 1. The van der Waals surface area contributed by atoms with Crippen LogP contribution < -0.4 is 10.2 Å². The molecule has 1 saturated heterocycles. The molecule has 1 aliphatic rings. The molecule has 1 aromatic heterocycles. The highest BCUT2D eigenvalue weighted by Gasteiger charge is 2.36. The number of urea groups is 1. The van der Waals surface area contributed by atoms with Crippen molar-refractivity contribution in [1.82, 2.24) is 9.88 Å². The molecule has 2 aromatic rings. The largest absolute Gasteiger partial charge is 0.352 e. The van der Waals surface area contributed by atoms with Crippen LogP contribution in [0.2, 0.25) is 0 Å². The first-order valence-corrected chi connectivity index (χ1v) is 7.90. The summed E-state index contributed by atoms with van der Waals surface area (Å²) in [7, 11) is 1.91. The Kier molecular flexibility index (Phi) is 4.04. The summed E-state index contributed by atoms with van der Waals surface area (Å²) in [5, 5.41) is 2.24. The van der Waals surface area contributed by atoms with Crippen molar-refractivity contribution >= 4 is 29.6 Å². The average Bonchev–Trinajstić information content (AvgIpc) is 2.80. The van der Waals surface area contributed by atoms with Crippen LogP contribution in [0.15, 0.2) is 35.9 Å². The number of carbonyl (C=O) groups excluding carboxylic acids is 3. The van der Waals surface area contributed by atoms with Gasteiger partial charge in [0.15, 0.2) is 0 Å². The molecule has 0 radical (unpaired) electrons. The number of hydrogen-bond acceptors (Lipinski definition) is 3. The van der Waals surface area contributed by atoms with Gasteiger partial charge in [0.2, 0.25) is 0 Å². The second kappa shape index (κ2) is 6.05. The van der Waals surface area contributed by atoms with Gasteiger partial charge in [-0.05, 0) is 50.6 Å². The Morgan fingerprint density at radius 1 is 1.00 bits per heavy atom. The van der Waals surface area contributed by atoms with Gasteiger partial charge in [-0.3, -0.25) is 14.9 Å². The molecule has 0 bridgehead atoms. The first-order chi connectivity index (χ1) is 11.8. The summed E-state index contributed by atoms with van der Waals surface area (Å²) < 4.78 is 1.97. The van der Waals surface area contributed by atoms with E-state index in [4.69, 9.17) is 0 Å². The summed E-state index contributed by atoms with van der Waals surface area (Å²) in [6, 6.07) is 8.13. The number of aryl methyl sites for hydroxylation is 2. The highest BCUT2D eigenvalue weighted by molar-refractivity contribution is 6.39. The lowest BCUT2D eigenvalue weighted by molar-refractivity contribution is -0.122. The number of carbonyl (C=O) groups is 3. The molecule has 128 valence electrons. The molecule has 1 N–H and O–H groups in total. The molecule has 0 spiro atoms. The zero-order valence-corrected chi connectivity index (χ0v) is 14.6. The summed E-state index contributed by atoms with van der Waals surface area (Å²) in [5.74, 6) is -1.31. The molecule has 1 aliphatic heterocycles. The molecule has 0 aliphatic carbocycles. The number of amides is 4. The molecule has 0 unspecified atom stereocenters. The Morgan fingerprint density at radius 2 is 1.64 bits per heavy atom. The minimum atomic E-state index is -0.739. The third kappa shape index (κ3) is 2.87. The van der Waals surface area contributed by atoms with Crippen LogP contribution in [0.1, 0.15) is 22.5 Å². The fourth-order valence-corrected chi connectivity index (χ4v) is 2.77. The van der Waals surface area contributed by atoms with Crippen LogP contribution in [0.3, 0.4) is 0 Å². The van der Waals surface area contributed by atoms with Gasteiger partial charge >= 0.3 is 6.03 Å². The van der Waals surface area contributed by atoms with Crippen LogP contribution in [0.4, 0.5) is 10.5 Å². The van der Waals surface area contributed by atoms with Gasteiger partial charge in [0.05, 0.1) is 5.69 Å². The van der Waals surface area contributed by atoms with E-state index in [2.05, 4.69) is 5.32 Å². The Labute approximate surface area is 145 Å². The molecule has 3 rings (SSSR count). The van der Waals surface area contributed by atoms with Gasteiger partial charge in [0.1, 0.15) is 5.57 Å². The highest BCUT2D eigenvalue weighted by Crippen LogP contribution is 2.23. The van der Waals surface area contributed by atoms with Gasteiger partial charge in [-0.15, -0.1) is 0 Å². The van der Waals surface area contributed by atoms with E-state index in [-0.39, 0.29) is 5.57 Å². The van der Waals surface area contributed by atoms with E-state index in [1.165, 1.54) is 6.08 Å². The van der Waals surface area contributed by atoms with E-state index >= 15 is 0 Å². The smallest absolute Gasteiger partial charge is 0.335 e. The quantitative estimate of drug-likeness (QED) is 0.676. The standard InChI is InChI=1S/C19H19N3O3/c1-11-5-7-15(8-6-11)22-18(24)16(17(23)20-19(22)25)10-14-9-12(2)21(4)13(14)3/h5-10H,1-4H3,(H,20,23,25)/b16-10+. The minimum absolute atomic E-state index is 0.0612. The summed E-state index contributed by atoms with van der Waals surface area (Å²) >= 11 is 0. The molecule has 1 fully saturated rings. The number of barbiturate groups is 1. The Bertz CT molecular complexity index is 920. The van der Waals surface area contributed by atoms with Crippen molar-refractivity contribution in [2.75, 3.05) is 4.90 Å². The lowest BCUT2D eigenvalue weighted by Crippen LogP contribution is -2.54. The summed E-state index contributed by atoms with van der Waals surface area (Å²) in [6.45, 7) is 5.77. The Hall–Kier alpha value is -3.15. The van der Waals surface area contributed by atoms with Crippen LogP contribution in [0.25, 0.3) is 6.08 Å². The molecule has 0 atom stereocenters. The van der Waals surface area contributed by atoms with Crippen molar-refractivity contribution in [2.45, 2.75) is 20.8 Å². The molecular formula is C19H19N3O3. The lowest BCUT2D eigenvalue weighted by Gasteiger charge is -2.26. The van der Waals surface area contributed by atoms with Gasteiger partial charge in [-0.1, -0.05) is 17.7 Å². The van der Waals surface area contributed by atoms with Gasteiger partial charge in [-0.2, -0.15) is 0 Å². The molecule has 6 nitrogen and oxygen atoms in total. The maximum Gasteiger partial charge on any atom is 0.335 e. The zero-order chi connectivity index (χ0) is 18.3. The fraction of sp³-hybridized carbons (Fsp3) is 0.211. The number of anilines is 1. The minimum Gasteiger partial charge on any atom is -0.352 e. The Balaban J connectivity index is 2.05. The maximum atomic E-state index is 12.8. The van der Waals surface area contributed by atoms with Crippen molar-refractivity contribution in [3.63, 3.8) is 0 Å². The highest BCUT2D eigenvalue weighted by atomic mass is 16.2. The van der Waals surface area contributed by atoms with E-state index in [1.807, 2.05) is 38.5 Å². The van der Waals surface area contributed by atoms with Crippen molar-refractivity contribution in [1.29, 1.82) is 0 Å². The van der Waals surface area contributed by atoms with Gasteiger partial charge in [0, 0.05) is 18.4 Å². The monoisotopic (exact) mass is 337 g/mol. The van der Waals surface area contributed by atoms with Crippen molar-refractivity contribution in [2.24, 2.45) is 7.05 Å². The summed E-state index contributed by atoms with van der Waals surface area (Å²) in [5.41, 5.74) is 4.10. The normalized spacial score (nSPS) is 16.6. The van der Waals surface area contributed by atoms with Gasteiger partial charge < -0.3 is 4.57 Å². The van der Waals surface area contributed by atoms with Crippen LogP contribution in [0, 0.1) is 20.8 Å². The molecule has 4 amide bonds. The van der Waals surface area contributed by atoms with Gasteiger partial charge in [0.25, 0.3) is 11.8 Å². The number of rotatable bonds is 2. The summed E-state index contributed by atoms with van der Waals surface area (Å²) in [4.78, 5) is 38.2. The molecular weight excluding hydrogens is 318 g/mol. The lowest BCUT2D eigenvalue weighted by atomic mass is 10.1. The number of aromatic nitrogens is 1. The number of hydrogen-bond donors (Lipinski definition) is 1. The van der Waals surface area contributed by atoms with E-state index in [0.717, 1.165) is 27.4 Å². The number of benzene rings is 1. The van der Waals surface area contributed by atoms with E-state index in [9.17, 15) is 14.4 Å². The predicted octanol–water partition coefficient (Wildman–Crippen LogP) is 2.62. The third-order valence-electron chi connectivity index (χ3n) is 4.51. The van der Waals surface area contributed by atoms with Crippen LogP contribution in [0.5, 0.6) is 0 Å². The van der Waals surface area contributed by atoms with E-state index in [0.29, 0.717) is 5.69 Å². The topological polar surface area (TPSA) is 71.4 Å². The zero-order valence-electron chi connectivity index (χ0n) is 14.6.